The zero-order valence-corrected chi connectivity index (χ0v) is 14.0. The minimum Gasteiger partial charge on any atom is -0.299 e. The maximum Gasteiger partial charge on any atom is 0.269 e. The second kappa shape index (κ2) is 5.03. The normalized spacial score (nSPS) is 30.2. The molecule has 0 aromatic heterocycles. The highest BCUT2D eigenvalue weighted by Crippen LogP contribution is 2.70. The average Bonchev–Trinajstić information content (AvgIpc) is 2.83. The predicted octanol–water partition coefficient (Wildman–Crippen LogP) is 2.82. The van der Waals surface area contributed by atoms with Crippen molar-refractivity contribution in [3.8, 4) is 0 Å². The number of nitro groups is 1. The molecule has 0 radical (unpaired) electrons. The molecule has 0 saturated heterocycles. The van der Waals surface area contributed by atoms with Gasteiger partial charge in [-0.3, -0.25) is 30.6 Å². The first-order chi connectivity index (χ1) is 11.1. The van der Waals surface area contributed by atoms with Crippen molar-refractivity contribution in [3.63, 3.8) is 0 Å². The predicted molar refractivity (Wildman–Crippen MR) is 88.0 cm³/mol. The second-order valence-electron chi connectivity index (χ2n) is 7.52. The number of fused-ring (bicyclic) bond motifs is 2. The molecule has 2 fully saturated rings. The highest BCUT2D eigenvalue weighted by atomic mass is 16.6. The Hall–Kier alpha value is -2.44. The van der Waals surface area contributed by atoms with Gasteiger partial charge in [0.25, 0.3) is 5.69 Å². The molecule has 2 N–H and O–H groups in total. The lowest BCUT2D eigenvalue weighted by atomic mass is 9.64. The van der Waals surface area contributed by atoms with Gasteiger partial charge < -0.3 is 0 Å². The zero-order chi connectivity index (χ0) is 17.8. The van der Waals surface area contributed by atoms with Crippen molar-refractivity contribution in [2.45, 2.75) is 40.0 Å². The number of anilines is 1. The van der Waals surface area contributed by atoms with E-state index in [4.69, 9.17) is 0 Å². The molecule has 2 atom stereocenters. The number of ketones is 1. The average molecular weight is 331 g/mol. The number of carbonyl (C=O) groups excluding carboxylic acids is 2. The van der Waals surface area contributed by atoms with Crippen molar-refractivity contribution in [2.24, 2.45) is 16.2 Å². The van der Waals surface area contributed by atoms with Crippen LogP contribution in [0, 0.1) is 26.4 Å². The maximum absolute atomic E-state index is 12.8. The smallest absolute Gasteiger partial charge is 0.269 e. The summed E-state index contributed by atoms with van der Waals surface area (Å²) in [5.74, 6) is -0.0373. The van der Waals surface area contributed by atoms with Gasteiger partial charge in [0.15, 0.2) is 0 Å². The number of nitro benzene ring substituents is 1. The molecule has 2 aliphatic carbocycles. The van der Waals surface area contributed by atoms with Gasteiger partial charge in [0, 0.05) is 24.0 Å². The Labute approximate surface area is 139 Å². The summed E-state index contributed by atoms with van der Waals surface area (Å²) in [5, 5.41) is 10.7. The van der Waals surface area contributed by atoms with E-state index in [0.717, 1.165) is 6.42 Å². The minimum absolute atomic E-state index is 0.0143. The van der Waals surface area contributed by atoms with Crippen molar-refractivity contribution in [1.82, 2.24) is 5.43 Å². The van der Waals surface area contributed by atoms with E-state index in [2.05, 4.69) is 10.9 Å². The largest absolute Gasteiger partial charge is 0.299 e. The van der Waals surface area contributed by atoms with Gasteiger partial charge in [-0.2, -0.15) is 0 Å². The Morgan fingerprint density at radius 1 is 1.17 bits per heavy atom. The number of Topliss-reactive ketones (excluding diaryl/α,β-unsaturated/α-hetero) is 1. The molecule has 128 valence electrons. The van der Waals surface area contributed by atoms with Gasteiger partial charge in [0.1, 0.15) is 5.78 Å². The molecule has 0 spiro atoms. The monoisotopic (exact) mass is 331 g/mol. The van der Waals surface area contributed by atoms with E-state index in [0.29, 0.717) is 12.1 Å². The van der Waals surface area contributed by atoms with Crippen LogP contribution in [0.2, 0.25) is 0 Å². The van der Waals surface area contributed by atoms with Gasteiger partial charge in [-0.1, -0.05) is 20.8 Å². The van der Waals surface area contributed by atoms with Crippen LogP contribution in [0.3, 0.4) is 0 Å². The van der Waals surface area contributed by atoms with Gasteiger partial charge in [-0.25, -0.2) is 0 Å². The topological polar surface area (TPSA) is 101 Å². The van der Waals surface area contributed by atoms with Crippen LogP contribution in [0.25, 0.3) is 0 Å². The lowest BCUT2D eigenvalue weighted by molar-refractivity contribution is -0.384. The fourth-order valence-electron chi connectivity index (χ4n) is 4.28. The number of rotatable bonds is 4. The number of nitrogens with one attached hydrogen (secondary N) is 2. The lowest BCUT2D eigenvalue weighted by Gasteiger charge is -2.38. The van der Waals surface area contributed by atoms with E-state index < -0.39 is 21.2 Å². The zero-order valence-electron chi connectivity index (χ0n) is 14.0. The highest BCUT2D eigenvalue weighted by molar-refractivity contribution is 5.99. The quantitative estimate of drug-likeness (QED) is 0.652. The van der Waals surface area contributed by atoms with Crippen LogP contribution in [-0.2, 0) is 9.59 Å². The van der Waals surface area contributed by atoms with Crippen molar-refractivity contribution in [1.29, 1.82) is 0 Å². The molecular formula is C17H21N3O4. The minimum atomic E-state index is -0.702. The molecule has 1 aromatic rings. The molecule has 2 bridgehead atoms. The van der Waals surface area contributed by atoms with E-state index in [-0.39, 0.29) is 23.8 Å². The van der Waals surface area contributed by atoms with Crippen molar-refractivity contribution in [2.75, 3.05) is 5.43 Å². The summed E-state index contributed by atoms with van der Waals surface area (Å²) in [7, 11) is 0. The van der Waals surface area contributed by atoms with Crippen molar-refractivity contribution >= 4 is 23.1 Å². The fourth-order valence-corrected chi connectivity index (χ4v) is 4.28. The molecule has 7 nitrogen and oxygen atoms in total. The van der Waals surface area contributed by atoms with E-state index in [1.165, 1.54) is 24.3 Å². The molecule has 1 amide bonds. The first-order valence-electron chi connectivity index (χ1n) is 7.98. The van der Waals surface area contributed by atoms with Crippen LogP contribution < -0.4 is 10.9 Å². The number of hydrogen-bond donors (Lipinski definition) is 2. The van der Waals surface area contributed by atoms with Crippen molar-refractivity contribution < 1.29 is 14.5 Å². The van der Waals surface area contributed by atoms with Gasteiger partial charge in [0.2, 0.25) is 5.91 Å². The highest BCUT2D eigenvalue weighted by Gasteiger charge is 2.72. The lowest BCUT2D eigenvalue weighted by Crippen LogP contribution is -2.48. The maximum atomic E-state index is 12.8. The van der Waals surface area contributed by atoms with Crippen LogP contribution in [0.5, 0.6) is 0 Å². The molecule has 0 aliphatic heterocycles. The Morgan fingerprint density at radius 2 is 1.79 bits per heavy atom. The number of hydrazine groups is 1. The Morgan fingerprint density at radius 3 is 2.25 bits per heavy atom. The van der Waals surface area contributed by atoms with E-state index in [9.17, 15) is 19.7 Å². The van der Waals surface area contributed by atoms with E-state index in [1.807, 2.05) is 20.8 Å². The summed E-state index contributed by atoms with van der Waals surface area (Å²) in [4.78, 5) is 35.4. The van der Waals surface area contributed by atoms with Crippen LogP contribution in [0.1, 0.15) is 40.0 Å². The number of amides is 1. The molecule has 3 rings (SSSR count). The van der Waals surface area contributed by atoms with Crippen LogP contribution in [0.15, 0.2) is 24.3 Å². The molecule has 0 unspecified atom stereocenters. The van der Waals surface area contributed by atoms with Gasteiger partial charge >= 0.3 is 0 Å². The standard InChI is InChI=1S/C17H21N3O4/c1-15(2)16(3)8-9-17(15,10-13(16)21)14(22)19-18-11-4-6-12(7-5-11)20(23)24/h4-7,18H,8-10H2,1-3H3,(H,19,22)/t16-,17-/m1/s1. The second-order valence-corrected chi connectivity index (χ2v) is 7.52. The summed E-state index contributed by atoms with van der Waals surface area (Å²) >= 11 is 0. The first kappa shape index (κ1) is 16.4. The molecule has 1 aromatic carbocycles. The van der Waals surface area contributed by atoms with Gasteiger partial charge in [0.05, 0.1) is 16.0 Å². The summed E-state index contributed by atoms with van der Waals surface area (Å²) in [5.41, 5.74) is 4.47. The third-order valence-corrected chi connectivity index (χ3v) is 6.54. The number of carbonyl (C=O) groups is 2. The number of hydrogen-bond acceptors (Lipinski definition) is 5. The molecule has 7 heteroatoms. The van der Waals surface area contributed by atoms with Crippen molar-refractivity contribution in [3.05, 3.63) is 34.4 Å². The Bertz CT molecular complexity index is 728. The van der Waals surface area contributed by atoms with E-state index in [1.54, 1.807) is 0 Å². The summed E-state index contributed by atoms with van der Waals surface area (Å²) in [6, 6.07) is 5.78. The van der Waals surface area contributed by atoms with Crippen LogP contribution in [-0.4, -0.2) is 16.6 Å². The summed E-state index contributed by atoms with van der Waals surface area (Å²) in [6.07, 6.45) is 1.68. The Kier molecular flexibility index (Phi) is 3.44. The SMILES string of the molecule is CC1(C)[C@]2(C(=O)NNc3ccc([N+](=O)[O-])cc3)CC[C@]1(C)C(=O)C2. The molecule has 24 heavy (non-hydrogen) atoms. The summed E-state index contributed by atoms with van der Waals surface area (Å²) < 4.78 is 0. The third-order valence-electron chi connectivity index (χ3n) is 6.54. The van der Waals surface area contributed by atoms with Crippen LogP contribution >= 0.6 is 0 Å². The Balaban J connectivity index is 1.74. The molecule has 2 saturated carbocycles. The molecule has 2 aliphatic rings. The van der Waals surface area contributed by atoms with E-state index >= 15 is 0 Å². The van der Waals surface area contributed by atoms with Gasteiger partial charge in [-0.05, 0) is 30.4 Å². The molecular weight excluding hydrogens is 310 g/mol. The number of benzene rings is 1. The third kappa shape index (κ3) is 1.96. The first-order valence-corrected chi connectivity index (χ1v) is 7.98. The molecule has 0 heterocycles. The number of nitrogens with zero attached hydrogens (tertiary/aromatic N) is 1. The number of non-ortho nitro benzene ring substituents is 1. The fraction of sp³-hybridized carbons (Fsp3) is 0.529. The van der Waals surface area contributed by atoms with Crippen LogP contribution in [0.4, 0.5) is 11.4 Å². The van der Waals surface area contributed by atoms with Gasteiger partial charge in [-0.15, -0.1) is 0 Å². The summed E-state index contributed by atoms with van der Waals surface area (Å²) in [6.45, 7) is 5.95.